The molecule has 1 aromatic carbocycles. The molecule has 0 heterocycles. The van der Waals surface area contributed by atoms with Gasteiger partial charge in [-0.2, -0.15) is 0 Å². The van der Waals surface area contributed by atoms with Crippen molar-refractivity contribution < 1.29 is 22.3 Å². The number of halogens is 3. The van der Waals surface area contributed by atoms with Crippen LogP contribution in [0.4, 0.5) is 0 Å². The van der Waals surface area contributed by atoms with E-state index in [4.69, 9.17) is 4.43 Å². The molecule has 0 unspecified atom stereocenters. The summed E-state index contributed by atoms with van der Waals surface area (Å²) in [7, 11) is 0.440. The Morgan fingerprint density at radius 2 is 1.69 bits per heavy atom. The molecule has 148 valence electrons. The summed E-state index contributed by atoms with van der Waals surface area (Å²) in [6.45, 7) is 15.9. The number of aryl methyl sites for hydroxylation is 1. The van der Waals surface area contributed by atoms with Crippen LogP contribution in [0.25, 0.3) is 0 Å². The van der Waals surface area contributed by atoms with Gasteiger partial charge in [0.2, 0.25) is 0 Å². The molecule has 0 N–H and O–H groups in total. The minimum Gasteiger partial charge on any atom is -0.147 e. The molecular formula is C19H31Cl3OSSiTi. The fourth-order valence-corrected chi connectivity index (χ4v) is 7.53. The van der Waals surface area contributed by atoms with Crippen molar-refractivity contribution in [2.24, 2.45) is 0 Å². The Balaban J connectivity index is 0. The Bertz CT molecular complexity index is 649. The van der Waals surface area contributed by atoms with Gasteiger partial charge in [-0.3, -0.25) is 0 Å². The van der Waals surface area contributed by atoms with Gasteiger partial charge in [-0.25, -0.2) is 0 Å². The molecule has 0 bridgehead atoms. The molecule has 0 spiro atoms. The molecule has 0 saturated carbocycles. The normalized spacial score (nSPS) is 13.1. The fraction of sp³-hybridized carbons (Fsp3) is 0.474. The zero-order valence-electron chi connectivity index (χ0n) is 16.6. The van der Waals surface area contributed by atoms with Crippen LogP contribution >= 0.6 is 46.6 Å². The molecule has 1 aliphatic rings. The van der Waals surface area contributed by atoms with E-state index in [1.807, 2.05) is 0 Å². The molecule has 0 aromatic heterocycles. The summed E-state index contributed by atoms with van der Waals surface area (Å²) in [4.78, 5) is 1.39. The van der Waals surface area contributed by atoms with Gasteiger partial charge in [0.1, 0.15) is 0 Å². The first-order chi connectivity index (χ1) is 10.6. The third kappa shape index (κ3) is 8.77. The summed E-state index contributed by atoms with van der Waals surface area (Å²) in [5, 5.41) is 0. The van der Waals surface area contributed by atoms with Crippen molar-refractivity contribution in [1.29, 1.82) is 0 Å². The summed E-state index contributed by atoms with van der Waals surface area (Å²) in [6, 6.07) is 4.59. The third-order valence-electron chi connectivity index (χ3n) is 3.48. The first-order valence-corrected chi connectivity index (χ1v) is 15.1. The van der Waals surface area contributed by atoms with Crippen LogP contribution < -0.4 is 4.43 Å². The van der Waals surface area contributed by atoms with Gasteiger partial charge in [-0.05, 0) is 0 Å². The fourth-order valence-electron chi connectivity index (χ4n) is 2.45. The average molecular weight is 490 g/mol. The number of hydrogen-bond acceptors (Lipinski definition) is 2. The molecule has 7 heteroatoms. The molecule has 0 fully saturated rings. The number of allylic oxidation sites excluding steroid dienone is 4. The Labute approximate surface area is 191 Å². The Kier molecular flexibility index (Phi) is 12.9. The van der Waals surface area contributed by atoms with Gasteiger partial charge >= 0.3 is 155 Å². The molecule has 26 heavy (non-hydrogen) atoms. The molecule has 0 amide bonds. The standard InChI is InChI=1S/C14H24OSSi.C5H5.3ClH.Ti/c1-10-8-11(14(2,3)4)13(16)12(9-10)15-17(5,6)7;1-2-4-5-3-1;;;;/h8-9,16H,1-7H3;1-3H,4H2;3*1H;/q;;;;;+1/p-1. The van der Waals surface area contributed by atoms with Crippen molar-refractivity contribution in [1.82, 2.24) is 0 Å². The Hall–Kier alpha value is 0.651. The van der Waals surface area contributed by atoms with Crippen molar-refractivity contribution in [3.05, 3.63) is 45.4 Å². The van der Waals surface area contributed by atoms with Crippen LogP contribution in [0.2, 0.25) is 19.6 Å². The number of hydrogen-bond donors (Lipinski definition) is 0. The van der Waals surface area contributed by atoms with E-state index in [-0.39, 0.29) is 60.5 Å². The van der Waals surface area contributed by atoms with E-state index in [9.17, 15) is 0 Å². The minimum absolute atomic E-state index is 0. The van der Waals surface area contributed by atoms with Crippen LogP contribution in [0.1, 0.15) is 38.3 Å². The summed E-state index contributed by atoms with van der Waals surface area (Å²) in [5.41, 5.74) is 2.88. The Morgan fingerprint density at radius 3 is 2.15 bits per heavy atom. The zero-order valence-corrected chi connectivity index (χ0v) is 22.5. The second-order valence-electron chi connectivity index (χ2n) is 8.13. The van der Waals surface area contributed by atoms with Crippen molar-refractivity contribution >= 4 is 54.9 Å². The largest absolute Gasteiger partial charge is 0.147 e. The number of rotatable bonds is 5. The van der Waals surface area contributed by atoms with Crippen molar-refractivity contribution in [2.45, 2.75) is 64.1 Å². The smallest absolute Gasteiger partial charge is 0.147 e. The predicted octanol–water partition coefficient (Wildman–Crippen LogP) is 7.71. The molecular weight excluding hydrogens is 459 g/mol. The summed E-state index contributed by atoms with van der Waals surface area (Å²) < 4.78 is 8.09. The summed E-state index contributed by atoms with van der Waals surface area (Å²) in [6.07, 6.45) is 7.91. The van der Waals surface area contributed by atoms with Crippen molar-refractivity contribution in [3.63, 3.8) is 0 Å². The van der Waals surface area contributed by atoms with E-state index in [1.165, 1.54) is 16.0 Å². The average Bonchev–Trinajstić information content (AvgIpc) is 2.87. The maximum absolute atomic E-state index is 6.47. The van der Waals surface area contributed by atoms with Crippen LogP contribution in [0.15, 0.2) is 39.1 Å². The maximum atomic E-state index is 6.47. The van der Waals surface area contributed by atoms with Crippen LogP contribution in [-0.2, 0) is 23.3 Å². The van der Waals surface area contributed by atoms with Crippen molar-refractivity contribution in [3.8, 4) is 5.75 Å². The van der Waals surface area contributed by atoms with Gasteiger partial charge in [0, 0.05) is 0 Å². The summed E-state index contributed by atoms with van der Waals surface area (Å²) in [5.74, 6) is 1.12. The van der Waals surface area contributed by atoms with Gasteiger partial charge in [0.05, 0.1) is 0 Å². The minimum atomic E-state index is -1.62. The predicted molar refractivity (Wildman–Crippen MR) is 123 cm³/mol. The quantitative estimate of drug-likeness (QED) is 0.392. The van der Waals surface area contributed by atoms with Crippen LogP contribution in [0.3, 0.4) is 0 Å². The zero-order chi connectivity index (χ0) is 17.3. The molecule has 1 aliphatic carbocycles. The van der Waals surface area contributed by atoms with E-state index in [0.717, 1.165) is 12.2 Å². The SMILES string of the molecule is Cc1cc(O[Si](C)(C)C)c([S][Ti][C]2=CC=CC2)c(C(C)(C)C)c1.Cl.Cl.Cl. The number of benzene rings is 1. The molecule has 0 aliphatic heterocycles. The van der Waals surface area contributed by atoms with Gasteiger partial charge < -0.3 is 0 Å². The van der Waals surface area contributed by atoms with E-state index in [0.29, 0.717) is 0 Å². The van der Waals surface area contributed by atoms with Crippen molar-refractivity contribution in [2.75, 3.05) is 0 Å². The van der Waals surface area contributed by atoms with Gasteiger partial charge in [-0.15, -0.1) is 37.2 Å². The molecule has 0 saturated heterocycles. The topological polar surface area (TPSA) is 9.23 Å². The first kappa shape index (κ1) is 28.9. The molecule has 0 atom stereocenters. The van der Waals surface area contributed by atoms with E-state index in [2.05, 4.69) is 87.0 Å². The Morgan fingerprint density at radius 1 is 1.08 bits per heavy atom. The first-order valence-electron chi connectivity index (χ1n) is 8.19. The maximum Gasteiger partial charge on any atom is -0.147 e. The van der Waals surface area contributed by atoms with E-state index < -0.39 is 8.32 Å². The second kappa shape index (κ2) is 11.6. The van der Waals surface area contributed by atoms with Crippen LogP contribution in [-0.4, -0.2) is 8.32 Å². The summed E-state index contributed by atoms with van der Waals surface area (Å²) >= 11 is -0.189. The van der Waals surface area contributed by atoms with Crippen LogP contribution in [0.5, 0.6) is 5.75 Å². The monoisotopic (exact) mass is 488 g/mol. The van der Waals surface area contributed by atoms with Gasteiger partial charge in [0.25, 0.3) is 0 Å². The van der Waals surface area contributed by atoms with Gasteiger partial charge in [-0.1, -0.05) is 0 Å². The van der Waals surface area contributed by atoms with Crippen LogP contribution in [0, 0.1) is 6.92 Å². The molecule has 2 rings (SSSR count). The molecule has 1 aromatic rings. The second-order valence-corrected chi connectivity index (χ2v) is 16.3. The van der Waals surface area contributed by atoms with E-state index >= 15 is 0 Å². The van der Waals surface area contributed by atoms with Gasteiger partial charge in [0.15, 0.2) is 0 Å². The van der Waals surface area contributed by atoms with E-state index in [1.54, 1.807) is 3.88 Å². The third-order valence-corrected chi connectivity index (χ3v) is 8.54. The molecule has 0 radical (unpaired) electrons. The molecule has 1 nitrogen and oxygen atoms in total.